The standard InChI is InChI=1S/C22H38O2/c1-5-7-8-9-10-11-12-13-14-18(4)20-16-21(23)19(15-22(20)24)17(3)6-2/h15-18,23-24H,5-14H2,1-4H3. The molecule has 0 bridgehead atoms. The molecule has 1 aromatic carbocycles. The molecule has 0 radical (unpaired) electrons. The molecule has 1 aromatic rings. The van der Waals surface area contributed by atoms with Gasteiger partial charge in [0.2, 0.25) is 0 Å². The first kappa shape index (κ1) is 20.9. The van der Waals surface area contributed by atoms with Crippen LogP contribution in [-0.4, -0.2) is 10.2 Å². The summed E-state index contributed by atoms with van der Waals surface area (Å²) >= 11 is 0. The molecule has 1 rings (SSSR count). The fraction of sp³-hybridized carbons (Fsp3) is 0.727. The largest absolute Gasteiger partial charge is 0.508 e. The van der Waals surface area contributed by atoms with Crippen LogP contribution in [0.3, 0.4) is 0 Å². The van der Waals surface area contributed by atoms with Gasteiger partial charge < -0.3 is 10.2 Å². The molecule has 0 amide bonds. The Labute approximate surface area is 149 Å². The van der Waals surface area contributed by atoms with Gasteiger partial charge in [-0.15, -0.1) is 0 Å². The van der Waals surface area contributed by atoms with Crippen LogP contribution < -0.4 is 0 Å². The van der Waals surface area contributed by atoms with Crippen LogP contribution in [0.15, 0.2) is 12.1 Å². The normalized spacial score (nSPS) is 13.8. The van der Waals surface area contributed by atoms with Crippen molar-refractivity contribution in [3.8, 4) is 11.5 Å². The summed E-state index contributed by atoms with van der Waals surface area (Å²) in [4.78, 5) is 0. The van der Waals surface area contributed by atoms with Crippen molar-refractivity contribution in [1.29, 1.82) is 0 Å². The molecule has 0 heterocycles. The lowest BCUT2D eigenvalue weighted by Crippen LogP contribution is -1.98. The summed E-state index contributed by atoms with van der Waals surface area (Å²) in [5, 5.41) is 20.6. The number of phenols is 2. The maximum atomic E-state index is 10.3. The number of rotatable bonds is 12. The number of unbranched alkanes of at least 4 members (excludes halogenated alkanes) is 7. The number of hydrogen-bond acceptors (Lipinski definition) is 2. The van der Waals surface area contributed by atoms with Gasteiger partial charge in [0, 0.05) is 11.1 Å². The zero-order valence-corrected chi connectivity index (χ0v) is 16.3. The second-order valence-electron chi connectivity index (χ2n) is 7.44. The van der Waals surface area contributed by atoms with E-state index < -0.39 is 0 Å². The molecule has 0 saturated carbocycles. The highest BCUT2D eigenvalue weighted by Gasteiger charge is 2.16. The Morgan fingerprint density at radius 2 is 1.17 bits per heavy atom. The lowest BCUT2D eigenvalue weighted by Gasteiger charge is -2.18. The number of aromatic hydroxyl groups is 2. The lowest BCUT2D eigenvalue weighted by atomic mass is 9.89. The molecule has 0 fully saturated rings. The van der Waals surface area contributed by atoms with Crippen molar-refractivity contribution in [1.82, 2.24) is 0 Å². The first-order valence-electron chi connectivity index (χ1n) is 10.1. The topological polar surface area (TPSA) is 40.5 Å². The van der Waals surface area contributed by atoms with E-state index >= 15 is 0 Å². The van der Waals surface area contributed by atoms with Crippen LogP contribution in [0.4, 0.5) is 0 Å². The Morgan fingerprint density at radius 3 is 1.67 bits per heavy atom. The summed E-state index contributed by atoms with van der Waals surface area (Å²) in [7, 11) is 0. The van der Waals surface area contributed by atoms with Crippen LogP contribution >= 0.6 is 0 Å². The van der Waals surface area contributed by atoms with Gasteiger partial charge in [-0.3, -0.25) is 0 Å². The lowest BCUT2D eigenvalue weighted by molar-refractivity contribution is 0.436. The summed E-state index contributed by atoms with van der Waals surface area (Å²) in [5.74, 6) is 1.24. The van der Waals surface area contributed by atoms with Crippen LogP contribution in [0.25, 0.3) is 0 Å². The Hall–Kier alpha value is -1.18. The second-order valence-corrected chi connectivity index (χ2v) is 7.44. The van der Waals surface area contributed by atoms with Crippen molar-refractivity contribution in [3.05, 3.63) is 23.3 Å². The summed E-state index contributed by atoms with van der Waals surface area (Å²) in [5.41, 5.74) is 1.75. The van der Waals surface area contributed by atoms with Gasteiger partial charge in [0.25, 0.3) is 0 Å². The van der Waals surface area contributed by atoms with Gasteiger partial charge in [-0.25, -0.2) is 0 Å². The maximum Gasteiger partial charge on any atom is 0.119 e. The Bertz CT molecular complexity index is 467. The SMILES string of the molecule is CCCCCCCCCCC(C)c1cc(O)c(C(C)CC)cc1O. The molecule has 0 aromatic heterocycles. The highest BCUT2D eigenvalue weighted by atomic mass is 16.3. The van der Waals surface area contributed by atoms with E-state index in [0.717, 1.165) is 24.0 Å². The van der Waals surface area contributed by atoms with E-state index in [1.807, 2.05) is 0 Å². The van der Waals surface area contributed by atoms with Gasteiger partial charge in [0.15, 0.2) is 0 Å². The minimum atomic E-state index is 0.271. The van der Waals surface area contributed by atoms with E-state index in [0.29, 0.717) is 17.4 Å². The van der Waals surface area contributed by atoms with E-state index in [9.17, 15) is 10.2 Å². The molecule has 0 aliphatic heterocycles. The van der Waals surface area contributed by atoms with Crippen LogP contribution in [0.1, 0.15) is 115 Å². The molecule has 0 aliphatic carbocycles. The predicted molar refractivity (Wildman–Crippen MR) is 104 cm³/mol. The third-order valence-corrected chi connectivity index (χ3v) is 5.34. The van der Waals surface area contributed by atoms with Gasteiger partial charge in [0.1, 0.15) is 11.5 Å². The van der Waals surface area contributed by atoms with E-state index in [-0.39, 0.29) is 5.92 Å². The molecule has 138 valence electrons. The molecule has 2 unspecified atom stereocenters. The number of hydrogen-bond donors (Lipinski definition) is 2. The zero-order chi connectivity index (χ0) is 17.9. The monoisotopic (exact) mass is 334 g/mol. The molecule has 2 heteroatoms. The van der Waals surface area contributed by atoms with Crippen molar-refractivity contribution in [2.45, 2.75) is 104 Å². The summed E-state index contributed by atoms with van der Waals surface area (Å²) < 4.78 is 0. The smallest absolute Gasteiger partial charge is 0.119 e. The van der Waals surface area contributed by atoms with Gasteiger partial charge in [-0.1, -0.05) is 79.1 Å². The maximum absolute atomic E-state index is 10.3. The van der Waals surface area contributed by atoms with Crippen LogP contribution in [-0.2, 0) is 0 Å². The van der Waals surface area contributed by atoms with Crippen molar-refractivity contribution < 1.29 is 10.2 Å². The van der Waals surface area contributed by atoms with E-state index in [1.54, 1.807) is 12.1 Å². The highest BCUT2D eigenvalue weighted by Crippen LogP contribution is 2.38. The van der Waals surface area contributed by atoms with Gasteiger partial charge in [-0.2, -0.15) is 0 Å². The minimum Gasteiger partial charge on any atom is -0.508 e. The predicted octanol–water partition coefficient (Wildman–Crippen LogP) is 7.25. The molecule has 2 N–H and O–H groups in total. The minimum absolute atomic E-state index is 0.271. The second kappa shape index (κ2) is 11.4. The number of benzene rings is 1. The highest BCUT2D eigenvalue weighted by molar-refractivity contribution is 5.47. The van der Waals surface area contributed by atoms with E-state index in [4.69, 9.17) is 0 Å². The van der Waals surface area contributed by atoms with Crippen LogP contribution in [0, 0.1) is 0 Å². The van der Waals surface area contributed by atoms with Gasteiger partial charge in [-0.05, 0) is 36.8 Å². The van der Waals surface area contributed by atoms with E-state index in [2.05, 4.69) is 27.7 Å². The van der Waals surface area contributed by atoms with Crippen molar-refractivity contribution in [2.24, 2.45) is 0 Å². The molecule has 24 heavy (non-hydrogen) atoms. The molecule has 2 nitrogen and oxygen atoms in total. The summed E-state index contributed by atoms with van der Waals surface area (Å²) in [6.45, 7) is 8.58. The third kappa shape index (κ3) is 6.75. The fourth-order valence-corrected chi connectivity index (χ4v) is 3.36. The van der Waals surface area contributed by atoms with Crippen molar-refractivity contribution in [3.63, 3.8) is 0 Å². The number of phenolic OH excluding ortho intramolecular Hbond substituents is 2. The summed E-state index contributed by atoms with van der Waals surface area (Å²) in [6.07, 6.45) is 12.6. The van der Waals surface area contributed by atoms with Crippen molar-refractivity contribution >= 4 is 0 Å². The van der Waals surface area contributed by atoms with Crippen molar-refractivity contribution in [2.75, 3.05) is 0 Å². The average Bonchev–Trinajstić information content (AvgIpc) is 2.58. The molecule has 0 aliphatic rings. The average molecular weight is 335 g/mol. The molecule has 0 saturated heterocycles. The fourth-order valence-electron chi connectivity index (χ4n) is 3.36. The van der Waals surface area contributed by atoms with Crippen LogP contribution in [0.5, 0.6) is 11.5 Å². The molecular formula is C22H38O2. The first-order chi connectivity index (χ1) is 11.5. The molecule has 2 atom stereocenters. The molecule has 0 spiro atoms. The van der Waals surface area contributed by atoms with Gasteiger partial charge >= 0.3 is 0 Å². The third-order valence-electron chi connectivity index (χ3n) is 5.34. The Kier molecular flexibility index (Phi) is 9.90. The Morgan fingerprint density at radius 1 is 0.708 bits per heavy atom. The van der Waals surface area contributed by atoms with Crippen LogP contribution in [0.2, 0.25) is 0 Å². The summed E-state index contributed by atoms with van der Waals surface area (Å²) in [6, 6.07) is 3.55. The zero-order valence-electron chi connectivity index (χ0n) is 16.3. The first-order valence-corrected chi connectivity index (χ1v) is 10.1. The van der Waals surface area contributed by atoms with E-state index in [1.165, 1.54) is 51.4 Å². The molecular weight excluding hydrogens is 296 g/mol. The quantitative estimate of drug-likeness (QED) is 0.312. The van der Waals surface area contributed by atoms with Gasteiger partial charge in [0.05, 0.1) is 0 Å². The Balaban J connectivity index is 2.42.